The van der Waals surface area contributed by atoms with Gasteiger partial charge in [-0.2, -0.15) is 0 Å². The molecule has 0 unspecified atom stereocenters. The number of rotatable bonds is 5. The van der Waals surface area contributed by atoms with Crippen LogP contribution in [0.1, 0.15) is 30.8 Å². The molecule has 1 aromatic heterocycles. The molecule has 0 N–H and O–H groups in total. The average Bonchev–Trinajstić information content (AvgIpc) is 2.66. The summed E-state index contributed by atoms with van der Waals surface area (Å²) in [6, 6.07) is 0. The zero-order valence-corrected chi connectivity index (χ0v) is 8.77. The summed E-state index contributed by atoms with van der Waals surface area (Å²) in [4.78, 5) is 22.4. The van der Waals surface area contributed by atoms with Crippen molar-refractivity contribution in [1.82, 2.24) is 15.0 Å². The van der Waals surface area contributed by atoms with E-state index in [1.165, 1.54) is 10.9 Å². The van der Waals surface area contributed by atoms with Crippen molar-refractivity contribution in [1.29, 1.82) is 0 Å². The van der Waals surface area contributed by atoms with Crippen LogP contribution in [0.4, 0.5) is 0 Å². The van der Waals surface area contributed by atoms with Gasteiger partial charge in [0, 0.05) is 6.54 Å². The fourth-order valence-corrected chi connectivity index (χ4v) is 1.01. The van der Waals surface area contributed by atoms with Gasteiger partial charge in [-0.05, 0) is 13.8 Å². The van der Waals surface area contributed by atoms with Crippen LogP contribution in [0.5, 0.6) is 0 Å². The number of Topliss-reactive ketones (excluding diaryl/α,β-unsaturated/α-hetero) is 1. The molecule has 1 rings (SSSR count). The zero-order chi connectivity index (χ0) is 11.3. The summed E-state index contributed by atoms with van der Waals surface area (Å²) in [5, 5.41) is 7.36. The second-order valence-electron chi connectivity index (χ2n) is 2.86. The first-order chi connectivity index (χ1) is 7.17. The van der Waals surface area contributed by atoms with Crippen molar-refractivity contribution in [2.75, 3.05) is 6.61 Å². The molecule has 0 aromatic carbocycles. The summed E-state index contributed by atoms with van der Waals surface area (Å²) >= 11 is 0. The maximum Gasteiger partial charge on any atom is 0.313 e. The highest BCUT2D eigenvalue weighted by atomic mass is 16.5. The molecule has 0 spiro atoms. The quantitative estimate of drug-likeness (QED) is 0.401. The number of aromatic nitrogens is 3. The van der Waals surface area contributed by atoms with E-state index in [4.69, 9.17) is 0 Å². The number of hydrogen-bond donors (Lipinski definition) is 0. The molecule has 15 heavy (non-hydrogen) atoms. The van der Waals surface area contributed by atoms with Crippen molar-refractivity contribution in [3.63, 3.8) is 0 Å². The van der Waals surface area contributed by atoms with E-state index in [9.17, 15) is 9.59 Å². The third-order valence-electron chi connectivity index (χ3n) is 1.76. The average molecular weight is 211 g/mol. The molecule has 0 saturated heterocycles. The van der Waals surface area contributed by atoms with Gasteiger partial charge in [0.1, 0.15) is 12.1 Å². The summed E-state index contributed by atoms with van der Waals surface area (Å²) in [6.07, 6.45) is 1.23. The highest BCUT2D eigenvalue weighted by Crippen LogP contribution is 2.00. The highest BCUT2D eigenvalue weighted by molar-refractivity contribution is 6.04. The molecule has 0 aliphatic carbocycles. The molecule has 0 fully saturated rings. The Morgan fingerprint density at radius 3 is 2.73 bits per heavy atom. The fourth-order valence-electron chi connectivity index (χ4n) is 1.01. The molecule has 1 heterocycles. The molecule has 0 bridgehead atoms. The van der Waals surface area contributed by atoms with Gasteiger partial charge in [0.15, 0.2) is 5.78 Å². The van der Waals surface area contributed by atoms with Crippen LogP contribution >= 0.6 is 0 Å². The maximum absolute atomic E-state index is 11.4. The number of ether oxygens (including phenoxy) is 1. The van der Waals surface area contributed by atoms with Crippen molar-refractivity contribution < 1.29 is 14.3 Å². The monoisotopic (exact) mass is 211 g/mol. The van der Waals surface area contributed by atoms with Crippen LogP contribution in [0.3, 0.4) is 0 Å². The second-order valence-corrected chi connectivity index (χ2v) is 2.86. The van der Waals surface area contributed by atoms with Gasteiger partial charge in [-0.3, -0.25) is 14.3 Å². The SMILES string of the molecule is CCOC(=O)CC(=O)c1cn(CC)nn1. The van der Waals surface area contributed by atoms with Gasteiger partial charge in [0.25, 0.3) is 0 Å². The molecule has 6 nitrogen and oxygen atoms in total. The predicted octanol–water partition coefficient (Wildman–Crippen LogP) is 0.434. The summed E-state index contributed by atoms with van der Waals surface area (Å²) in [7, 11) is 0. The Bertz CT molecular complexity index is 359. The van der Waals surface area contributed by atoms with Gasteiger partial charge >= 0.3 is 5.97 Å². The van der Waals surface area contributed by atoms with Crippen molar-refractivity contribution in [3.05, 3.63) is 11.9 Å². The molecule has 82 valence electrons. The molecule has 1 aromatic rings. The maximum atomic E-state index is 11.4. The molecule has 6 heteroatoms. The van der Waals surface area contributed by atoms with Gasteiger partial charge in [0.05, 0.1) is 12.8 Å². The van der Waals surface area contributed by atoms with Crippen LogP contribution in [0, 0.1) is 0 Å². The van der Waals surface area contributed by atoms with Crippen molar-refractivity contribution in [2.45, 2.75) is 26.8 Å². The number of carbonyl (C=O) groups is 2. The first-order valence-electron chi connectivity index (χ1n) is 4.76. The molecular weight excluding hydrogens is 198 g/mol. The number of aryl methyl sites for hydroxylation is 1. The minimum absolute atomic E-state index is 0.199. The van der Waals surface area contributed by atoms with Crippen molar-refractivity contribution >= 4 is 11.8 Å². The van der Waals surface area contributed by atoms with Gasteiger partial charge in [0.2, 0.25) is 0 Å². The fraction of sp³-hybridized carbons (Fsp3) is 0.556. The van der Waals surface area contributed by atoms with Gasteiger partial charge in [-0.1, -0.05) is 5.21 Å². The van der Waals surface area contributed by atoms with E-state index in [0.717, 1.165) is 0 Å². The number of hydrogen-bond acceptors (Lipinski definition) is 5. The molecule has 0 amide bonds. The third-order valence-corrected chi connectivity index (χ3v) is 1.76. The van der Waals surface area contributed by atoms with E-state index in [0.29, 0.717) is 6.54 Å². The topological polar surface area (TPSA) is 74.1 Å². The summed E-state index contributed by atoms with van der Waals surface area (Å²) in [5.74, 6) is -0.901. The Morgan fingerprint density at radius 1 is 1.47 bits per heavy atom. The molecule has 0 aliphatic rings. The number of carbonyl (C=O) groups excluding carboxylic acids is 2. The molecule has 0 radical (unpaired) electrons. The van der Waals surface area contributed by atoms with E-state index in [1.54, 1.807) is 6.92 Å². The van der Waals surface area contributed by atoms with Crippen molar-refractivity contribution in [2.24, 2.45) is 0 Å². The van der Waals surface area contributed by atoms with Crippen LogP contribution in [0.25, 0.3) is 0 Å². The molecular formula is C9H13N3O3. The number of esters is 1. The Labute approximate surface area is 87.2 Å². The summed E-state index contributed by atoms with van der Waals surface area (Å²) in [6.45, 7) is 4.48. The molecule has 0 aliphatic heterocycles. The number of ketones is 1. The second kappa shape index (κ2) is 5.23. The zero-order valence-electron chi connectivity index (χ0n) is 8.77. The summed E-state index contributed by atoms with van der Waals surface area (Å²) in [5.41, 5.74) is 0.199. The summed E-state index contributed by atoms with van der Waals surface area (Å²) < 4.78 is 6.18. The smallest absolute Gasteiger partial charge is 0.313 e. The number of nitrogens with zero attached hydrogens (tertiary/aromatic N) is 3. The lowest BCUT2D eigenvalue weighted by molar-refractivity contribution is -0.141. The van der Waals surface area contributed by atoms with Crippen LogP contribution < -0.4 is 0 Å². The van der Waals surface area contributed by atoms with E-state index in [1.807, 2.05) is 6.92 Å². The normalized spacial score (nSPS) is 10.0. The van der Waals surface area contributed by atoms with Gasteiger partial charge in [-0.15, -0.1) is 5.10 Å². The molecule has 0 saturated carbocycles. The highest BCUT2D eigenvalue weighted by Gasteiger charge is 2.15. The van der Waals surface area contributed by atoms with Gasteiger partial charge in [-0.25, -0.2) is 0 Å². The molecule has 0 atom stereocenters. The Balaban J connectivity index is 2.57. The predicted molar refractivity (Wildman–Crippen MR) is 51.3 cm³/mol. The first-order valence-corrected chi connectivity index (χ1v) is 4.76. The minimum Gasteiger partial charge on any atom is -0.466 e. The van der Waals surface area contributed by atoms with Crippen molar-refractivity contribution in [3.8, 4) is 0 Å². The first kappa shape index (κ1) is 11.4. The minimum atomic E-state index is -0.534. The van der Waals surface area contributed by atoms with Gasteiger partial charge < -0.3 is 4.74 Å². The lowest BCUT2D eigenvalue weighted by Crippen LogP contribution is -2.11. The third kappa shape index (κ3) is 3.16. The van der Waals surface area contributed by atoms with E-state index < -0.39 is 5.97 Å². The lowest BCUT2D eigenvalue weighted by atomic mass is 10.2. The Kier molecular flexibility index (Phi) is 3.96. The largest absolute Gasteiger partial charge is 0.466 e. The van der Waals surface area contributed by atoms with E-state index in [2.05, 4.69) is 15.0 Å². The standard InChI is InChI=1S/C9H13N3O3/c1-3-12-6-7(10-11-12)8(13)5-9(14)15-4-2/h6H,3-5H2,1-2H3. The Morgan fingerprint density at radius 2 is 2.20 bits per heavy atom. The van der Waals surface area contributed by atoms with E-state index >= 15 is 0 Å². The van der Waals surface area contributed by atoms with Crippen LogP contribution in [0.2, 0.25) is 0 Å². The lowest BCUT2D eigenvalue weighted by Gasteiger charge is -1.98. The van der Waals surface area contributed by atoms with Crippen LogP contribution in [0.15, 0.2) is 6.20 Å². The van der Waals surface area contributed by atoms with E-state index in [-0.39, 0.29) is 24.5 Å². The van der Waals surface area contributed by atoms with Crippen LogP contribution in [-0.4, -0.2) is 33.4 Å². The van der Waals surface area contributed by atoms with Crippen LogP contribution in [-0.2, 0) is 16.1 Å². The Hall–Kier alpha value is -1.72.